The third kappa shape index (κ3) is 41.8. The zero-order valence-electron chi connectivity index (χ0n) is 35.5. The Kier molecular flexibility index (Phi) is 36.9. The number of rotatable bonds is 41. The Morgan fingerprint density at radius 1 is 0.585 bits per heavy atom. The van der Waals surface area contributed by atoms with Crippen LogP contribution in [0.25, 0.3) is 0 Å². The lowest BCUT2D eigenvalue weighted by Gasteiger charge is -2.28. The van der Waals surface area contributed by atoms with Gasteiger partial charge in [0.05, 0.1) is 34.0 Å². The van der Waals surface area contributed by atoms with E-state index in [1.54, 1.807) is 6.26 Å². The van der Waals surface area contributed by atoms with Crippen molar-refractivity contribution in [2.24, 2.45) is 0 Å². The SMILES string of the molecule is CCCC/C=C/CCCCCCCCCCCC(=O)O[C@H](CO/C=C/CCCCCCCCCCCCCCCC)COP(=O)([O-])OCC[N+](C)(C)C. The third-order valence-corrected chi connectivity index (χ3v) is 10.5. The molecule has 0 aromatic carbocycles. The first-order valence-corrected chi connectivity index (χ1v) is 23.6. The van der Waals surface area contributed by atoms with E-state index in [4.69, 9.17) is 18.5 Å². The number of carbonyl (C=O) groups is 1. The average Bonchev–Trinajstić information content (AvgIpc) is 3.11. The lowest BCUT2D eigenvalue weighted by Crippen LogP contribution is -2.37. The molecule has 0 amide bonds. The molecule has 0 aromatic heterocycles. The minimum Gasteiger partial charge on any atom is -0.756 e. The minimum absolute atomic E-state index is 0.0179. The Morgan fingerprint density at radius 2 is 1.02 bits per heavy atom. The van der Waals surface area contributed by atoms with E-state index in [0.717, 1.165) is 32.1 Å². The quantitative estimate of drug-likeness (QED) is 0.0152. The van der Waals surface area contributed by atoms with Gasteiger partial charge in [-0.1, -0.05) is 167 Å². The Labute approximate surface area is 328 Å². The zero-order chi connectivity index (χ0) is 39.1. The molecule has 0 saturated carbocycles. The highest BCUT2D eigenvalue weighted by Crippen LogP contribution is 2.38. The maximum Gasteiger partial charge on any atom is 0.306 e. The lowest BCUT2D eigenvalue weighted by molar-refractivity contribution is -0.870. The van der Waals surface area contributed by atoms with Crippen LogP contribution < -0.4 is 4.89 Å². The number of phosphoric ester groups is 1. The Morgan fingerprint density at radius 3 is 1.51 bits per heavy atom. The van der Waals surface area contributed by atoms with Crippen molar-refractivity contribution in [1.29, 1.82) is 0 Å². The molecule has 0 saturated heterocycles. The van der Waals surface area contributed by atoms with Crippen molar-refractivity contribution < 1.29 is 37.3 Å². The van der Waals surface area contributed by atoms with E-state index in [1.807, 2.05) is 27.2 Å². The van der Waals surface area contributed by atoms with Gasteiger partial charge in [-0.2, -0.15) is 0 Å². The number of phosphoric acid groups is 1. The molecule has 53 heavy (non-hydrogen) atoms. The summed E-state index contributed by atoms with van der Waals surface area (Å²) in [5.74, 6) is -0.357. The van der Waals surface area contributed by atoms with Crippen LogP contribution >= 0.6 is 7.82 Å². The van der Waals surface area contributed by atoms with Gasteiger partial charge in [0.15, 0.2) is 6.10 Å². The smallest absolute Gasteiger partial charge is 0.306 e. The standard InChI is InChI=1S/C44H86NO7P/c1-6-8-10-12-14-16-18-20-22-24-26-28-30-32-34-36-39-49-41-43(42-51-53(47,48)50-40-38-45(3,4)5)52-44(46)37-35-33-31-29-27-25-23-21-19-17-15-13-11-9-7-2/h13,15,36,39,43H,6-12,14,16-35,37-38,40-42H2,1-5H3/b15-13+,39-36+/t43-/m1/s1. The molecule has 2 atom stereocenters. The number of allylic oxidation sites excluding steroid dienone is 3. The molecule has 0 aliphatic rings. The predicted octanol–water partition coefficient (Wildman–Crippen LogP) is 12.5. The van der Waals surface area contributed by atoms with Crippen molar-refractivity contribution in [2.75, 3.05) is 47.5 Å². The Bertz CT molecular complexity index is 905. The number of ether oxygens (including phenoxy) is 2. The lowest BCUT2D eigenvalue weighted by atomic mass is 10.0. The molecule has 9 heteroatoms. The van der Waals surface area contributed by atoms with Crippen molar-refractivity contribution in [3.05, 3.63) is 24.5 Å². The van der Waals surface area contributed by atoms with Crippen LogP contribution in [0.5, 0.6) is 0 Å². The number of hydrogen-bond acceptors (Lipinski definition) is 7. The highest BCUT2D eigenvalue weighted by molar-refractivity contribution is 7.45. The van der Waals surface area contributed by atoms with Gasteiger partial charge in [0.25, 0.3) is 7.82 Å². The number of nitrogens with zero attached hydrogens (tertiary/aromatic N) is 1. The molecule has 0 bridgehead atoms. The van der Waals surface area contributed by atoms with Gasteiger partial charge in [0.2, 0.25) is 0 Å². The van der Waals surface area contributed by atoms with E-state index < -0.39 is 13.9 Å². The summed E-state index contributed by atoms with van der Waals surface area (Å²) in [5, 5.41) is 0. The summed E-state index contributed by atoms with van der Waals surface area (Å²) in [4.78, 5) is 25.0. The van der Waals surface area contributed by atoms with E-state index in [1.165, 1.54) is 148 Å². The Balaban J connectivity index is 4.26. The summed E-state index contributed by atoms with van der Waals surface area (Å²) >= 11 is 0. The average molecular weight is 772 g/mol. The van der Waals surface area contributed by atoms with Crippen molar-refractivity contribution in [1.82, 2.24) is 0 Å². The topological polar surface area (TPSA) is 94.1 Å². The molecule has 314 valence electrons. The first-order chi connectivity index (χ1) is 25.6. The number of quaternary nitrogens is 1. The van der Waals surface area contributed by atoms with Gasteiger partial charge in [-0.3, -0.25) is 9.36 Å². The number of esters is 1. The molecular formula is C44H86NO7P. The second-order valence-corrected chi connectivity index (χ2v) is 17.5. The number of carbonyl (C=O) groups excluding carboxylic acids is 1. The van der Waals surface area contributed by atoms with Crippen LogP contribution in [0.4, 0.5) is 0 Å². The summed E-state index contributed by atoms with van der Waals surface area (Å²) in [7, 11) is 1.33. The van der Waals surface area contributed by atoms with E-state index in [0.29, 0.717) is 17.4 Å². The first-order valence-electron chi connectivity index (χ1n) is 22.1. The second kappa shape index (κ2) is 37.7. The van der Waals surface area contributed by atoms with Crippen LogP contribution in [-0.2, 0) is 27.9 Å². The highest BCUT2D eigenvalue weighted by atomic mass is 31.2. The summed E-state index contributed by atoms with van der Waals surface area (Å²) < 4.78 is 34.3. The first kappa shape index (κ1) is 51.8. The fraction of sp³-hybridized carbons (Fsp3) is 0.886. The molecule has 0 fully saturated rings. The molecule has 0 heterocycles. The number of likely N-dealkylation sites (N-methyl/N-ethyl adjacent to an activating group) is 1. The van der Waals surface area contributed by atoms with Crippen LogP contribution in [-0.4, -0.2) is 64.1 Å². The molecule has 0 rings (SSSR count). The van der Waals surface area contributed by atoms with Crippen molar-refractivity contribution in [2.45, 2.75) is 206 Å². The van der Waals surface area contributed by atoms with Gasteiger partial charge in [0, 0.05) is 6.42 Å². The second-order valence-electron chi connectivity index (χ2n) is 16.1. The normalized spacial score (nSPS) is 13.9. The van der Waals surface area contributed by atoms with Crippen molar-refractivity contribution in [3.63, 3.8) is 0 Å². The fourth-order valence-corrected chi connectivity index (χ4v) is 6.81. The van der Waals surface area contributed by atoms with Gasteiger partial charge in [-0.15, -0.1) is 0 Å². The van der Waals surface area contributed by atoms with Crippen LogP contribution in [0.15, 0.2) is 24.5 Å². The van der Waals surface area contributed by atoms with E-state index >= 15 is 0 Å². The maximum atomic E-state index is 12.6. The monoisotopic (exact) mass is 772 g/mol. The van der Waals surface area contributed by atoms with Gasteiger partial charge in [0.1, 0.15) is 19.8 Å². The van der Waals surface area contributed by atoms with E-state index in [2.05, 4.69) is 26.0 Å². The highest BCUT2D eigenvalue weighted by Gasteiger charge is 2.20. The van der Waals surface area contributed by atoms with Crippen molar-refractivity contribution >= 4 is 13.8 Å². The predicted molar refractivity (Wildman–Crippen MR) is 222 cm³/mol. The molecule has 1 unspecified atom stereocenters. The molecule has 0 aliphatic heterocycles. The van der Waals surface area contributed by atoms with Gasteiger partial charge in [-0.25, -0.2) is 0 Å². The number of unbranched alkanes of at least 4 members (excludes halogenated alkanes) is 25. The molecule has 0 aliphatic carbocycles. The zero-order valence-corrected chi connectivity index (χ0v) is 36.4. The van der Waals surface area contributed by atoms with E-state index in [-0.39, 0.29) is 25.8 Å². The molecule has 0 aromatic rings. The van der Waals surface area contributed by atoms with Gasteiger partial charge < -0.3 is 27.9 Å². The minimum atomic E-state index is -4.54. The number of hydrogen-bond donors (Lipinski definition) is 0. The summed E-state index contributed by atoms with van der Waals surface area (Å²) in [5.41, 5.74) is 0. The molecule has 0 N–H and O–H groups in total. The Hall–Kier alpha value is -1.18. The van der Waals surface area contributed by atoms with Gasteiger partial charge >= 0.3 is 5.97 Å². The largest absolute Gasteiger partial charge is 0.756 e. The van der Waals surface area contributed by atoms with Gasteiger partial charge in [-0.05, 0) is 44.6 Å². The molecule has 0 spiro atoms. The molecular weight excluding hydrogens is 685 g/mol. The fourth-order valence-electron chi connectivity index (χ4n) is 6.08. The van der Waals surface area contributed by atoms with E-state index in [9.17, 15) is 14.3 Å². The summed E-state index contributed by atoms with van der Waals surface area (Å²) in [6.07, 6.45) is 42.8. The third-order valence-electron chi connectivity index (χ3n) is 9.57. The van der Waals surface area contributed by atoms with Crippen LogP contribution in [0.1, 0.15) is 200 Å². The van der Waals surface area contributed by atoms with Crippen LogP contribution in [0.3, 0.4) is 0 Å². The van der Waals surface area contributed by atoms with Crippen LogP contribution in [0, 0.1) is 0 Å². The van der Waals surface area contributed by atoms with Crippen LogP contribution in [0.2, 0.25) is 0 Å². The molecule has 8 nitrogen and oxygen atoms in total. The maximum absolute atomic E-state index is 12.6. The molecule has 0 radical (unpaired) electrons. The van der Waals surface area contributed by atoms with Crippen molar-refractivity contribution in [3.8, 4) is 0 Å². The summed E-state index contributed by atoms with van der Waals surface area (Å²) in [6, 6.07) is 0. The summed E-state index contributed by atoms with van der Waals surface area (Å²) in [6.45, 7) is 4.72.